The summed E-state index contributed by atoms with van der Waals surface area (Å²) in [5.74, 6) is 5.24. The summed E-state index contributed by atoms with van der Waals surface area (Å²) >= 11 is 0. The molecule has 0 aliphatic heterocycles. The Labute approximate surface area is 76.7 Å². The van der Waals surface area contributed by atoms with Gasteiger partial charge in [-0.05, 0) is 23.8 Å². The second kappa shape index (κ2) is 4.61. The van der Waals surface area contributed by atoms with Crippen LogP contribution in [0.3, 0.4) is 0 Å². The maximum absolute atomic E-state index is 12.7. The normalized spacial score (nSPS) is 9.15. The average molecular weight is 178 g/mol. The summed E-state index contributed by atoms with van der Waals surface area (Å²) < 4.78 is 12.7. The molecule has 0 bridgehead atoms. The van der Waals surface area contributed by atoms with E-state index in [1.807, 2.05) is 0 Å². The lowest BCUT2D eigenvalue weighted by atomic mass is 10.1. The van der Waals surface area contributed by atoms with Crippen molar-refractivity contribution in [2.75, 3.05) is 6.54 Å². The fourth-order valence-electron chi connectivity index (χ4n) is 0.999. The van der Waals surface area contributed by atoms with Crippen molar-refractivity contribution in [2.45, 2.75) is 6.54 Å². The molecule has 0 aliphatic rings. The van der Waals surface area contributed by atoms with Crippen molar-refractivity contribution in [3.05, 3.63) is 35.1 Å². The third-order valence-electron chi connectivity index (χ3n) is 1.61. The van der Waals surface area contributed by atoms with Gasteiger partial charge in [0.1, 0.15) is 5.82 Å². The third kappa shape index (κ3) is 2.55. The summed E-state index contributed by atoms with van der Waals surface area (Å²) in [6.07, 6.45) is 0. The minimum atomic E-state index is -0.293. The van der Waals surface area contributed by atoms with Crippen molar-refractivity contribution >= 4 is 0 Å². The van der Waals surface area contributed by atoms with Crippen LogP contribution in [0.1, 0.15) is 11.1 Å². The van der Waals surface area contributed by atoms with Crippen molar-refractivity contribution < 1.29 is 4.39 Å². The number of rotatable bonds is 1. The Balaban J connectivity index is 3.06. The summed E-state index contributed by atoms with van der Waals surface area (Å²) in [4.78, 5) is 0. The van der Waals surface area contributed by atoms with Gasteiger partial charge in [-0.1, -0.05) is 11.8 Å². The van der Waals surface area contributed by atoms with Crippen LogP contribution in [-0.2, 0) is 6.54 Å². The molecule has 0 fully saturated rings. The molecule has 0 amide bonds. The lowest BCUT2D eigenvalue weighted by molar-refractivity contribution is 0.625. The van der Waals surface area contributed by atoms with Gasteiger partial charge < -0.3 is 11.5 Å². The molecule has 1 aromatic carbocycles. The van der Waals surface area contributed by atoms with Gasteiger partial charge in [-0.15, -0.1) is 0 Å². The Hall–Kier alpha value is -1.37. The first-order chi connectivity index (χ1) is 6.27. The zero-order valence-corrected chi connectivity index (χ0v) is 7.18. The van der Waals surface area contributed by atoms with E-state index < -0.39 is 0 Å². The summed E-state index contributed by atoms with van der Waals surface area (Å²) in [6.45, 7) is 0.577. The number of nitrogens with two attached hydrogens (primary N) is 2. The first kappa shape index (κ1) is 9.72. The van der Waals surface area contributed by atoms with Crippen molar-refractivity contribution in [2.24, 2.45) is 11.5 Å². The van der Waals surface area contributed by atoms with E-state index in [9.17, 15) is 4.39 Å². The van der Waals surface area contributed by atoms with Crippen LogP contribution in [0, 0.1) is 17.7 Å². The fourth-order valence-corrected chi connectivity index (χ4v) is 0.999. The predicted octanol–water partition coefficient (Wildman–Crippen LogP) is 0.595. The average Bonchev–Trinajstić information content (AvgIpc) is 2.16. The van der Waals surface area contributed by atoms with Crippen LogP contribution in [-0.4, -0.2) is 6.54 Å². The van der Waals surface area contributed by atoms with Gasteiger partial charge in [0.25, 0.3) is 0 Å². The van der Waals surface area contributed by atoms with E-state index in [0.29, 0.717) is 12.1 Å². The highest BCUT2D eigenvalue weighted by Crippen LogP contribution is 2.09. The molecule has 4 N–H and O–H groups in total. The molecule has 0 spiro atoms. The van der Waals surface area contributed by atoms with Crippen LogP contribution in [0.5, 0.6) is 0 Å². The van der Waals surface area contributed by atoms with E-state index in [1.165, 1.54) is 12.1 Å². The summed E-state index contributed by atoms with van der Waals surface area (Å²) in [7, 11) is 0. The quantitative estimate of drug-likeness (QED) is 0.618. The van der Waals surface area contributed by atoms with Crippen molar-refractivity contribution in [1.29, 1.82) is 0 Å². The van der Waals surface area contributed by atoms with Crippen molar-refractivity contribution in [3.63, 3.8) is 0 Å². The SMILES string of the molecule is NCC#Cc1ccc(F)cc1CN. The standard InChI is InChI=1S/C10H11FN2/c11-10-4-3-8(2-1-5-12)9(6-10)7-13/h3-4,6H,5,7,12-13H2. The van der Waals surface area contributed by atoms with Crippen molar-refractivity contribution in [3.8, 4) is 11.8 Å². The number of hydrogen-bond acceptors (Lipinski definition) is 2. The van der Waals surface area contributed by atoms with Gasteiger partial charge >= 0.3 is 0 Å². The molecular formula is C10H11FN2. The van der Waals surface area contributed by atoms with Crippen LogP contribution in [0.2, 0.25) is 0 Å². The fraction of sp³-hybridized carbons (Fsp3) is 0.200. The van der Waals surface area contributed by atoms with Gasteiger partial charge in [-0.3, -0.25) is 0 Å². The first-order valence-corrected chi connectivity index (χ1v) is 3.95. The molecule has 0 saturated heterocycles. The molecule has 0 unspecified atom stereocenters. The minimum absolute atomic E-state index is 0.284. The molecule has 1 aromatic rings. The molecule has 0 saturated carbocycles. The van der Waals surface area contributed by atoms with Gasteiger partial charge in [0.15, 0.2) is 0 Å². The van der Waals surface area contributed by atoms with Gasteiger partial charge in [-0.2, -0.15) is 0 Å². The second-order valence-electron chi connectivity index (χ2n) is 2.51. The third-order valence-corrected chi connectivity index (χ3v) is 1.61. The Morgan fingerprint density at radius 3 is 2.69 bits per heavy atom. The molecule has 0 aliphatic carbocycles. The molecule has 13 heavy (non-hydrogen) atoms. The highest BCUT2D eigenvalue weighted by molar-refractivity contribution is 5.41. The maximum atomic E-state index is 12.7. The van der Waals surface area contributed by atoms with E-state index in [1.54, 1.807) is 6.07 Å². The number of hydrogen-bond donors (Lipinski definition) is 2. The van der Waals surface area contributed by atoms with E-state index in [0.717, 1.165) is 5.56 Å². The highest BCUT2D eigenvalue weighted by Gasteiger charge is 1.98. The van der Waals surface area contributed by atoms with Crippen LogP contribution < -0.4 is 11.5 Å². The van der Waals surface area contributed by atoms with Crippen LogP contribution in [0.15, 0.2) is 18.2 Å². The molecule has 0 aromatic heterocycles. The zero-order valence-electron chi connectivity index (χ0n) is 7.18. The van der Waals surface area contributed by atoms with Gasteiger partial charge in [0, 0.05) is 12.1 Å². The summed E-state index contributed by atoms with van der Waals surface area (Å²) in [5, 5.41) is 0. The van der Waals surface area contributed by atoms with Crippen LogP contribution in [0.25, 0.3) is 0 Å². The number of benzene rings is 1. The molecule has 2 nitrogen and oxygen atoms in total. The molecule has 68 valence electrons. The zero-order chi connectivity index (χ0) is 9.68. The lowest BCUT2D eigenvalue weighted by Gasteiger charge is -2.00. The Morgan fingerprint density at radius 1 is 1.31 bits per heavy atom. The highest BCUT2D eigenvalue weighted by atomic mass is 19.1. The predicted molar refractivity (Wildman–Crippen MR) is 50.2 cm³/mol. The van der Waals surface area contributed by atoms with Crippen molar-refractivity contribution in [1.82, 2.24) is 0 Å². The van der Waals surface area contributed by atoms with Gasteiger partial charge in [0.2, 0.25) is 0 Å². The van der Waals surface area contributed by atoms with E-state index in [2.05, 4.69) is 11.8 Å². The minimum Gasteiger partial charge on any atom is -0.326 e. The van der Waals surface area contributed by atoms with E-state index >= 15 is 0 Å². The molecule has 0 atom stereocenters. The Kier molecular flexibility index (Phi) is 3.44. The monoisotopic (exact) mass is 178 g/mol. The molecule has 0 heterocycles. The smallest absolute Gasteiger partial charge is 0.123 e. The van der Waals surface area contributed by atoms with Gasteiger partial charge in [0.05, 0.1) is 6.54 Å². The summed E-state index contributed by atoms with van der Waals surface area (Å²) in [6, 6.07) is 4.36. The molecule has 3 heteroatoms. The van der Waals surface area contributed by atoms with Crippen LogP contribution >= 0.6 is 0 Å². The van der Waals surface area contributed by atoms with Gasteiger partial charge in [-0.25, -0.2) is 4.39 Å². The maximum Gasteiger partial charge on any atom is 0.123 e. The second-order valence-corrected chi connectivity index (χ2v) is 2.51. The molecular weight excluding hydrogens is 167 g/mol. The largest absolute Gasteiger partial charge is 0.326 e. The van der Waals surface area contributed by atoms with Crippen LogP contribution in [0.4, 0.5) is 4.39 Å². The van der Waals surface area contributed by atoms with E-state index in [-0.39, 0.29) is 12.4 Å². The molecule has 1 rings (SSSR count). The Morgan fingerprint density at radius 2 is 2.08 bits per heavy atom. The summed E-state index contributed by atoms with van der Waals surface area (Å²) in [5.41, 5.74) is 12.1. The lowest BCUT2D eigenvalue weighted by Crippen LogP contribution is -2.00. The Bertz CT molecular complexity index is 350. The molecule has 0 radical (unpaired) electrons. The topological polar surface area (TPSA) is 52.0 Å². The number of halogens is 1. The first-order valence-electron chi connectivity index (χ1n) is 3.95. The van der Waals surface area contributed by atoms with E-state index in [4.69, 9.17) is 11.5 Å².